The molecule has 1 aromatic heterocycles. The van der Waals surface area contributed by atoms with Crippen molar-refractivity contribution in [1.29, 1.82) is 0 Å². The lowest BCUT2D eigenvalue weighted by Crippen LogP contribution is -2.11. The van der Waals surface area contributed by atoms with Gasteiger partial charge in [-0.05, 0) is 42.0 Å². The van der Waals surface area contributed by atoms with E-state index in [0.717, 1.165) is 11.1 Å². The normalized spacial score (nSPS) is 16.6. The first-order valence-corrected chi connectivity index (χ1v) is 6.87. The third-order valence-electron chi connectivity index (χ3n) is 3.67. The van der Waals surface area contributed by atoms with Crippen molar-refractivity contribution in [3.63, 3.8) is 0 Å². The van der Waals surface area contributed by atoms with E-state index in [9.17, 15) is 4.39 Å². The number of hydrogen-bond acceptors (Lipinski definition) is 1. The minimum Gasteiger partial charge on any atom is -0.350 e. The summed E-state index contributed by atoms with van der Waals surface area (Å²) in [4.78, 5) is 0. The van der Waals surface area contributed by atoms with Crippen molar-refractivity contribution in [2.45, 2.75) is 25.4 Å². The second kappa shape index (κ2) is 4.99. The van der Waals surface area contributed by atoms with Crippen molar-refractivity contribution in [2.75, 3.05) is 0 Å². The predicted molar refractivity (Wildman–Crippen MR) is 74.6 cm³/mol. The lowest BCUT2D eigenvalue weighted by atomic mass is 10.1. The summed E-state index contributed by atoms with van der Waals surface area (Å²) in [6.07, 6.45) is 6.45. The lowest BCUT2D eigenvalue weighted by molar-refractivity contribution is 0.622. The van der Waals surface area contributed by atoms with Gasteiger partial charge in [-0.2, -0.15) is 0 Å². The van der Waals surface area contributed by atoms with Gasteiger partial charge in [-0.1, -0.05) is 23.7 Å². The molecule has 0 saturated heterocycles. The summed E-state index contributed by atoms with van der Waals surface area (Å²) >= 11 is 5.96. The van der Waals surface area contributed by atoms with E-state index in [-0.39, 0.29) is 16.9 Å². The molecule has 1 fully saturated rings. The summed E-state index contributed by atoms with van der Waals surface area (Å²) in [5.41, 5.74) is 8.09. The molecule has 1 atom stereocenters. The fraction of sp³-hybridized carbons (Fsp3) is 0.333. The highest BCUT2D eigenvalue weighted by atomic mass is 35.5. The number of hydrogen-bond donors (Lipinski definition) is 1. The fourth-order valence-corrected chi connectivity index (χ4v) is 2.54. The smallest absolute Gasteiger partial charge is 0.142 e. The Hall–Kier alpha value is -1.32. The molecule has 0 spiro atoms. The SMILES string of the molecule is NC(c1ccn(Cc2cccc(F)c2Cl)c1)C1CC1. The molecule has 0 bridgehead atoms. The van der Waals surface area contributed by atoms with E-state index in [1.807, 2.05) is 29.1 Å². The number of nitrogens with zero attached hydrogens (tertiary/aromatic N) is 1. The second-order valence-corrected chi connectivity index (χ2v) is 5.57. The van der Waals surface area contributed by atoms with Crippen LogP contribution in [0.25, 0.3) is 0 Å². The fourth-order valence-electron chi connectivity index (χ4n) is 2.35. The predicted octanol–water partition coefficient (Wildman–Crippen LogP) is 3.74. The van der Waals surface area contributed by atoms with Crippen LogP contribution >= 0.6 is 11.6 Å². The number of aromatic nitrogens is 1. The molecule has 0 radical (unpaired) electrons. The van der Waals surface area contributed by atoms with Gasteiger partial charge in [0.05, 0.1) is 5.02 Å². The summed E-state index contributed by atoms with van der Waals surface area (Å²) in [5, 5.41) is 0.198. The summed E-state index contributed by atoms with van der Waals surface area (Å²) in [7, 11) is 0. The maximum Gasteiger partial charge on any atom is 0.142 e. The van der Waals surface area contributed by atoms with E-state index in [1.54, 1.807) is 6.07 Å². The molecule has 2 N–H and O–H groups in total. The molecule has 0 amide bonds. The average Bonchev–Trinajstić information content (AvgIpc) is 3.14. The Morgan fingerprint density at radius 3 is 2.89 bits per heavy atom. The minimum absolute atomic E-state index is 0.129. The monoisotopic (exact) mass is 278 g/mol. The van der Waals surface area contributed by atoms with Crippen LogP contribution < -0.4 is 5.73 Å². The van der Waals surface area contributed by atoms with E-state index in [1.165, 1.54) is 18.9 Å². The Bertz CT molecular complexity index is 590. The molecule has 1 saturated carbocycles. The van der Waals surface area contributed by atoms with Crippen LogP contribution in [0, 0.1) is 11.7 Å². The van der Waals surface area contributed by atoms with Crippen LogP contribution in [0.15, 0.2) is 36.7 Å². The zero-order valence-electron chi connectivity index (χ0n) is 10.5. The molecule has 2 nitrogen and oxygen atoms in total. The average molecular weight is 279 g/mol. The quantitative estimate of drug-likeness (QED) is 0.907. The van der Waals surface area contributed by atoms with Crippen LogP contribution in [0.1, 0.15) is 30.0 Å². The lowest BCUT2D eigenvalue weighted by Gasteiger charge is -2.08. The third kappa shape index (κ3) is 2.67. The Kier molecular flexibility index (Phi) is 3.33. The van der Waals surface area contributed by atoms with Gasteiger partial charge >= 0.3 is 0 Å². The van der Waals surface area contributed by atoms with E-state index in [2.05, 4.69) is 0 Å². The van der Waals surface area contributed by atoms with Crippen LogP contribution in [-0.4, -0.2) is 4.57 Å². The van der Waals surface area contributed by atoms with Crippen molar-refractivity contribution in [2.24, 2.45) is 11.7 Å². The standard InChI is InChI=1S/C15H16ClFN2/c16-14-11(2-1-3-13(14)17)8-19-7-6-12(9-19)15(18)10-4-5-10/h1-3,6-7,9-10,15H,4-5,8,18H2. The van der Waals surface area contributed by atoms with E-state index in [4.69, 9.17) is 17.3 Å². The molecule has 0 aliphatic heterocycles. The van der Waals surface area contributed by atoms with Crippen LogP contribution in [0.2, 0.25) is 5.02 Å². The first-order valence-electron chi connectivity index (χ1n) is 6.49. The van der Waals surface area contributed by atoms with Crippen LogP contribution in [0.3, 0.4) is 0 Å². The van der Waals surface area contributed by atoms with Gasteiger partial charge < -0.3 is 10.3 Å². The zero-order chi connectivity index (χ0) is 13.4. The minimum atomic E-state index is -0.374. The molecular formula is C15H16ClFN2. The Balaban J connectivity index is 1.78. The van der Waals surface area contributed by atoms with Gasteiger partial charge in [-0.3, -0.25) is 0 Å². The number of halogens is 2. The van der Waals surface area contributed by atoms with Crippen LogP contribution in [-0.2, 0) is 6.54 Å². The van der Waals surface area contributed by atoms with Gasteiger partial charge in [0.1, 0.15) is 5.82 Å². The zero-order valence-corrected chi connectivity index (χ0v) is 11.3. The van der Waals surface area contributed by atoms with Crippen molar-refractivity contribution in [3.8, 4) is 0 Å². The molecule has 19 heavy (non-hydrogen) atoms. The number of rotatable bonds is 4. The summed E-state index contributed by atoms with van der Waals surface area (Å²) in [5.74, 6) is 0.259. The number of benzene rings is 1. The van der Waals surface area contributed by atoms with Gasteiger partial charge in [0.15, 0.2) is 0 Å². The Morgan fingerprint density at radius 2 is 2.16 bits per heavy atom. The highest BCUT2D eigenvalue weighted by molar-refractivity contribution is 6.31. The van der Waals surface area contributed by atoms with Gasteiger partial charge in [0.25, 0.3) is 0 Å². The molecule has 2 aromatic rings. The molecule has 1 heterocycles. The summed E-state index contributed by atoms with van der Waals surface area (Å²) in [6.45, 7) is 0.563. The highest BCUT2D eigenvalue weighted by Gasteiger charge is 2.29. The van der Waals surface area contributed by atoms with Crippen molar-refractivity contribution in [3.05, 3.63) is 58.6 Å². The molecule has 1 unspecified atom stereocenters. The maximum atomic E-state index is 13.4. The Labute approximate surface area is 117 Å². The van der Waals surface area contributed by atoms with Crippen molar-refractivity contribution >= 4 is 11.6 Å². The molecular weight excluding hydrogens is 263 g/mol. The summed E-state index contributed by atoms with van der Waals surface area (Å²) < 4.78 is 15.4. The van der Waals surface area contributed by atoms with E-state index < -0.39 is 0 Å². The molecule has 4 heteroatoms. The Morgan fingerprint density at radius 1 is 1.37 bits per heavy atom. The summed E-state index contributed by atoms with van der Waals surface area (Å²) in [6, 6.07) is 7.05. The second-order valence-electron chi connectivity index (χ2n) is 5.19. The largest absolute Gasteiger partial charge is 0.350 e. The third-order valence-corrected chi connectivity index (χ3v) is 4.10. The maximum absolute atomic E-state index is 13.4. The molecule has 1 aliphatic rings. The van der Waals surface area contributed by atoms with E-state index in [0.29, 0.717) is 12.5 Å². The van der Waals surface area contributed by atoms with E-state index >= 15 is 0 Å². The van der Waals surface area contributed by atoms with Crippen LogP contribution in [0.5, 0.6) is 0 Å². The molecule has 3 rings (SSSR count). The first kappa shape index (κ1) is 12.7. The van der Waals surface area contributed by atoms with Crippen molar-refractivity contribution < 1.29 is 4.39 Å². The number of nitrogens with two attached hydrogens (primary N) is 1. The topological polar surface area (TPSA) is 30.9 Å². The highest BCUT2D eigenvalue weighted by Crippen LogP contribution is 2.39. The van der Waals surface area contributed by atoms with Crippen LogP contribution in [0.4, 0.5) is 4.39 Å². The molecule has 1 aliphatic carbocycles. The van der Waals surface area contributed by atoms with Gasteiger partial charge in [0, 0.05) is 25.0 Å². The van der Waals surface area contributed by atoms with Gasteiger partial charge in [-0.15, -0.1) is 0 Å². The van der Waals surface area contributed by atoms with Gasteiger partial charge in [0.2, 0.25) is 0 Å². The molecule has 1 aromatic carbocycles. The van der Waals surface area contributed by atoms with Gasteiger partial charge in [-0.25, -0.2) is 4.39 Å². The molecule has 100 valence electrons. The van der Waals surface area contributed by atoms with Crippen molar-refractivity contribution in [1.82, 2.24) is 4.57 Å². The first-order chi connectivity index (χ1) is 9.15.